The number of carbonyl (C=O) groups excluding carboxylic acids is 2. The molecule has 0 unspecified atom stereocenters. The second kappa shape index (κ2) is 10.2. The molecule has 2 amide bonds. The standard InChI is InChI=1S/C22H24F3N3O3/c23-22(24,25)16-2-1-3-18(12-16)27-13-20(29)26-11-10-15-4-8-19(9-5-15)31-14-21(30)28-17-6-7-17/h1-5,8-9,12,17,27H,6-7,10-11,13-14H2,(H,26,29)(H,28,30). The third kappa shape index (κ3) is 7.84. The van der Waals surface area contributed by atoms with Crippen molar-refractivity contribution in [2.75, 3.05) is 25.0 Å². The van der Waals surface area contributed by atoms with E-state index < -0.39 is 11.7 Å². The van der Waals surface area contributed by atoms with Crippen LogP contribution in [-0.4, -0.2) is 37.6 Å². The molecule has 0 radical (unpaired) electrons. The molecular formula is C22H24F3N3O3. The predicted octanol–water partition coefficient (Wildman–Crippen LogP) is 3.13. The van der Waals surface area contributed by atoms with E-state index in [1.54, 1.807) is 12.1 Å². The first-order chi connectivity index (χ1) is 14.8. The first-order valence-electron chi connectivity index (χ1n) is 9.98. The van der Waals surface area contributed by atoms with E-state index in [0.29, 0.717) is 24.8 Å². The summed E-state index contributed by atoms with van der Waals surface area (Å²) >= 11 is 0. The summed E-state index contributed by atoms with van der Waals surface area (Å²) in [5.74, 6) is 0.135. The fraction of sp³-hybridized carbons (Fsp3) is 0.364. The minimum Gasteiger partial charge on any atom is -0.484 e. The van der Waals surface area contributed by atoms with Crippen LogP contribution in [0.4, 0.5) is 18.9 Å². The monoisotopic (exact) mass is 435 g/mol. The van der Waals surface area contributed by atoms with E-state index in [4.69, 9.17) is 4.74 Å². The molecule has 1 fully saturated rings. The van der Waals surface area contributed by atoms with E-state index in [0.717, 1.165) is 30.5 Å². The van der Waals surface area contributed by atoms with E-state index in [-0.39, 0.29) is 30.7 Å². The minimum atomic E-state index is -4.43. The van der Waals surface area contributed by atoms with Gasteiger partial charge in [0, 0.05) is 18.3 Å². The lowest BCUT2D eigenvalue weighted by atomic mass is 10.1. The number of alkyl halides is 3. The number of halogens is 3. The molecule has 3 rings (SSSR count). The Kier molecular flexibility index (Phi) is 7.38. The maximum Gasteiger partial charge on any atom is 0.416 e. The highest BCUT2D eigenvalue weighted by Crippen LogP contribution is 2.30. The van der Waals surface area contributed by atoms with E-state index in [9.17, 15) is 22.8 Å². The molecule has 2 aromatic carbocycles. The fourth-order valence-electron chi connectivity index (χ4n) is 2.79. The van der Waals surface area contributed by atoms with Crippen molar-refractivity contribution in [3.8, 4) is 5.75 Å². The van der Waals surface area contributed by atoms with Crippen molar-refractivity contribution in [3.05, 3.63) is 59.7 Å². The molecule has 0 spiro atoms. The third-order valence-electron chi connectivity index (χ3n) is 4.61. The van der Waals surface area contributed by atoms with Gasteiger partial charge in [0.25, 0.3) is 5.91 Å². The first kappa shape index (κ1) is 22.5. The summed E-state index contributed by atoms with van der Waals surface area (Å²) in [6, 6.07) is 12.2. The van der Waals surface area contributed by atoms with E-state index in [1.165, 1.54) is 12.1 Å². The summed E-state index contributed by atoms with van der Waals surface area (Å²) in [5, 5.41) is 8.25. The van der Waals surface area contributed by atoms with Gasteiger partial charge in [-0.3, -0.25) is 9.59 Å². The number of nitrogens with one attached hydrogen (secondary N) is 3. The summed E-state index contributed by atoms with van der Waals surface area (Å²) in [5.41, 5.74) is 0.432. The quantitative estimate of drug-likeness (QED) is 0.536. The van der Waals surface area contributed by atoms with Crippen molar-refractivity contribution in [2.24, 2.45) is 0 Å². The molecule has 1 aliphatic rings. The predicted molar refractivity (Wildman–Crippen MR) is 110 cm³/mol. The summed E-state index contributed by atoms with van der Waals surface area (Å²) in [6.07, 6.45) is -1.79. The largest absolute Gasteiger partial charge is 0.484 e. The van der Waals surface area contributed by atoms with Crippen LogP contribution < -0.4 is 20.7 Å². The van der Waals surface area contributed by atoms with Gasteiger partial charge in [0.05, 0.1) is 12.1 Å². The number of carbonyl (C=O) groups is 2. The van der Waals surface area contributed by atoms with Gasteiger partial charge >= 0.3 is 6.18 Å². The number of anilines is 1. The van der Waals surface area contributed by atoms with Crippen molar-refractivity contribution in [1.29, 1.82) is 0 Å². The average Bonchev–Trinajstić information content (AvgIpc) is 3.55. The molecule has 0 aromatic heterocycles. The van der Waals surface area contributed by atoms with Gasteiger partial charge in [-0.25, -0.2) is 0 Å². The smallest absolute Gasteiger partial charge is 0.416 e. The lowest BCUT2D eigenvalue weighted by Gasteiger charge is -2.11. The van der Waals surface area contributed by atoms with Crippen LogP contribution in [0.5, 0.6) is 5.75 Å². The molecule has 0 heterocycles. The van der Waals surface area contributed by atoms with Gasteiger partial charge in [-0.2, -0.15) is 13.2 Å². The average molecular weight is 435 g/mol. The van der Waals surface area contributed by atoms with Crippen molar-refractivity contribution in [1.82, 2.24) is 10.6 Å². The topological polar surface area (TPSA) is 79.5 Å². The van der Waals surface area contributed by atoms with Crippen LogP contribution in [-0.2, 0) is 22.2 Å². The Morgan fingerprint density at radius 1 is 1.03 bits per heavy atom. The molecule has 31 heavy (non-hydrogen) atoms. The van der Waals surface area contributed by atoms with Gasteiger partial charge in [0.1, 0.15) is 5.75 Å². The Hall–Kier alpha value is -3.23. The second-order valence-electron chi connectivity index (χ2n) is 7.31. The number of ether oxygens (including phenoxy) is 1. The van der Waals surface area contributed by atoms with Crippen molar-refractivity contribution in [3.63, 3.8) is 0 Å². The van der Waals surface area contributed by atoms with Crippen LogP contribution in [0.2, 0.25) is 0 Å². The number of amides is 2. The Balaban J connectivity index is 1.34. The van der Waals surface area contributed by atoms with Crippen molar-refractivity contribution < 1.29 is 27.5 Å². The zero-order valence-corrected chi connectivity index (χ0v) is 16.8. The summed E-state index contributed by atoms with van der Waals surface area (Å²) < 4.78 is 43.6. The Morgan fingerprint density at radius 3 is 2.45 bits per heavy atom. The first-order valence-corrected chi connectivity index (χ1v) is 9.98. The van der Waals surface area contributed by atoms with Gasteiger partial charge in [-0.1, -0.05) is 18.2 Å². The van der Waals surface area contributed by atoms with Gasteiger partial charge < -0.3 is 20.7 Å². The zero-order valence-electron chi connectivity index (χ0n) is 16.8. The maximum absolute atomic E-state index is 12.7. The van der Waals surface area contributed by atoms with Crippen LogP contribution in [0.1, 0.15) is 24.0 Å². The van der Waals surface area contributed by atoms with Gasteiger partial charge in [0.2, 0.25) is 5.91 Å². The van der Waals surface area contributed by atoms with Gasteiger partial charge in [-0.05, 0) is 55.2 Å². The molecule has 2 aromatic rings. The van der Waals surface area contributed by atoms with E-state index in [2.05, 4.69) is 16.0 Å². The Labute approximate surface area is 178 Å². The van der Waals surface area contributed by atoms with Gasteiger partial charge in [-0.15, -0.1) is 0 Å². The van der Waals surface area contributed by atoms with Crippen LogP contribution in [0, 0.1) is 0 Å². The van der Waals surface area contributed by atoms with Crippen molar-refractivity contribution >= 4 is 17.5 Å². The van der Waals surface area contributed by atoms with Crippen LogP contribution >= 0.6 is 0 Å². The molecule has 0 saturated heterocycles. The molecule has 1 saturated carbocycles. The molecular weight excluding hydrogens is 411 g/mol. The van der Waals surface area contributed by atoms with Crippen LogP contribution in [0.15, 0.2) is 48.5 Å². The van der Waals surface area contributed by atoms with Gasteiger partial charge in [0.15, 0.2) is 6.61 Å². The lowest BCUT2D eigenvalue weighted by molar-refractivity contribution is -0.137. The van der Waals surface area contributed by atoms with E-state index >= 15 is 0 Å². The number of hydrogen-bond donors (Lipinski definition) is 3. The Morgan fingerprint density at radius 2 is 1.77 bits per heavy atom. The van der Waals surface area contributed by atoms with E-state index in [1.807, 2.05) is 12.1 Å². The molecule has 1 aliphatic carbocycles. The van der Waals surface area contributed by atoms with Crippen LogP contribution in [0.3, 0.4) is 0 Å². The maximum atomic E-state index is 12.7. The molecule has 6 nitrogen and oxygen atoms in total. The molecule has 0 atom stereocenters. The lowest BCUT2D eigenvalue weighted by Crippen LogP contribution is -2.31. The minimum absolute atomic E-state index is 0.0230. The SMILES string of the molecule is O=C(CNc1cccc(C(F)(F)F)c1)NCCc1ccc(OCC(=O)NC2CC2)cc1. The summed E-state index contributed by atoms with van der Waals surface area (Å²) in [7, 11) is 0. The normalized spacial score (nSPS) is 13.4. The fourth-order valence-corrected chi connectivity index (χ4v) is 2.79. The molecule has 3 N–H and O–H groups in total. The second-order valence-corrected chi connectivity index (χ2v) is 7.31. The molecule has 9 heteroatoms. The Bertz CT molecular complexity index is 897. The highest BCUT2D eigenvalue weighted by atomic mass is 19.4. The summed E-state index contributed by atoms with van der Waals surface area (Å²) in [4.78, 5) is 23.5. The highest BCUT2D eigenvalue weighted by molar-refractivity contribution is 5.80. The highest BCUT2D eigenvalue weighted by Gasteiger charge is 2.30. The van der Waals surface area contributed by atoms with Crippen LogP contribution in [0.25, 0.3) is 0 Å². The third-order valence-corrected chi connectivity index (χ3v) is 4.61. The summed E-state index contributed by atoms with van der Waals surface area (Å²) in [6.45, 7) is 0.231. The van der Waals surface area contributed by atoms with Crippen molar-refractivity contribution in [2.45, 2.75) is 31.5 Å². The molecule has 0 aliphatic heterocycles. The molecule has 166 valence electrons. The molecule has 0 bridgehead atoms. The number of benzene rings is 2. The zero-order chi connectivity index (χ0) is 22.3. The number of rotatable bonds is 10. The number of hydrogen-bond acceptors (Lipinski definition) is 4.